The minimum absolute atomic E-state index is 0.0532. The van der Waals surface area contributed by atoms with Gasteiger partial charge in [0.15, 0.2) is 0 Å². The molecule has 0 aliphatic carbocycles. The lowest BCUT2D eigenvalue weighted by molar-refractivity contribution is -0.115. The van der Waals surface area contributed by atoms with Crippen molar-refractivity contribution in [3.63, 3.8) is 0 Å². The zero-order valence-electron chi connectivity index (χ0n) is 18.7. The Kier molecular flexibility index (Phi) is 8.08. The van der Waals surface area contributed by atoms with Gasteiger partial charge in [0.1, 0.15) is 5.60 Å². The van der Waals surface area contributed by atoms with Gasteiger partial charge in [0.25, 0.3) is 0 Å². The molecule has 1 aliphatic heterocycles. The summed E-state index contributed by atoms with van der Waals surface area (Å²) in [6.45, 7) is 9.14. The van der Waals surface area contributed by atoms with Crippen LogP contribution < -0.4 is 10.6 Å². The summed E-state index contributed by atoms with van der Waals surface area (Å²) in [5.74, 6) is 0.149. The first kappa shape index (κ1) is 23.5. The summed E-state index contributed by atoms with van der Waals surface area (Å²) in [6.07, 6.45) is 1.92. The number of rotatable bonds is 5. The van der Waals surface area contributed by atoms with E-state index in [1.165, 1.54) is 0 Å². The fourth-order valence-electron chi connectivity index (χ4n) is 3.29. The third-order valence-corrected chi connectivity index (χ3v) is 4.78. The number of anilines is 2. The molecule has 2 N–H and O–H groups in total. The molecule has 1 saturated heterocycles. The van der Waals surface area contributed by atoms with Crippen LogP contribution in [0.25, 0.3) is 0 Å². The SMILES string of the molecule is CCC(=O)Nc1ccc(NC(=O)N2CCCC(CN(C)C(=O)OC(C)(C)C)C2)cc1. The Morgan fingerprint density at radius 3 is 2.30 bits per heavy atom. The van der Waals surface area contributed by atoms with Gasteiger partial charge < -0.3 is 25.2 Å². The predicted molar refractivity (Wildman–Crippen MR) is 118 cm³/mol. The summed E-state index contributed by atoms with van der Waals surface area (Å²) in [5, 5.41) is 5.68. The average Bonchev–Trinajstić information content (AvgIpc) is 2.68. The van der Waals surface area contributed by atoms with Gasteiger partial charge in [-0.3, -0.25) is 4.79 Å². The van der Waals surface area contributed by atoms with E-state index in [0.717, 1.165) is 12.8 Å². The van der Waals surface area contributed by atoms with Gasteiger partial charge in [-0.25, -0.2) is 9.59 Å². The Labute approximate surface area is 178 Å². The van der Waals surface area contributed by atoms with Crippen molar-refractivity contribution < 1.29 is 19.1 Å². The van der Waals surface area contributed by atoms with Crippen molar-refractivity contribution in [1.29, 1.82) is 0 Å². The molecule has 0 spiro atoms. The molecular weight excluding hydrogens is 384 g/mol. The largest absolute Gasteiger partial charge is 0.444 e. The van der Waals surface area contributed by atoms with E-state index in [2.05, 4.69) is 10.6 Å². The average molecular weight is 419 g/mol. The summed E-state index contributed by atoms with van der Waals surface area (Å²) in [5.41, 5.74) is 0.837. The van der Waals surface area contributed by atoms with Crippen LogP contribution in [0, 0.1) is 5.92 Å². The van der Waals surface area contributed by atoms with Gasteiger partial charge in [0, 0.05) is 44.5 Å². The highest BCUT2D eigenvalue weighted by Crippen LogP contribution is 2.20. The van der Waals surface area contributed by atoms with Crippen LogP contribution in [0.2, 0.25) is 0 Å². The van der Waals surface area contributed by atoms with E-state index in [1.807, 2.05) is 20.8 Å². The number of ether oxygens (including phenoxy) is 1. The second kappa shape index (κ2) is 10.3. The number of hydrogen-bond donors (Lipinski definition) is 2. The molecular formula is C22H34N4O4. The molecule has 0 radical (unpaired) electrons. The molecule has 8 heteroatoms. The molecule has 1 heterocycles. The predicted octanol–water partition coefficient (Wildman–Crippen LogP) is 4.15. The van der Waals surface area contributed by atoms with Crippen LogP contribution in [0.4, 0.5) is 21.0 Å². The first-order valence-electron chi connectivity index (χ1n) is 10.5. The Balaban J connectivity index is 1.86. The molecule has 8 nitrogen and oxygen atoms in total. The topological polar surface area (TPSA) is 91.0 Å². The van der Waals surface area contributed by atoms with Crippen molar-refractivity contribution in [2.75, 3.05) is 37.3 Å². The van der Waals surface area contributed by atoms with E-state index in [-0.39, 0.29) is 23.9 Å². The summed E-state index contributed by atoms with van der Waals surface area (Å²) < 4.78 is 5.40. The van der Waals surface area contributed by atoms with Gasteiger partial charge >= 0.3 is 12.1 Å². The van der Waals surface area contributed by atoms with Crippen molar-refractivity contribution in [3.8, 4) is 0 Å². The number of amides is 4. The highest BCUT2D eigenvalue weighted by molar-refractivity contribution is 5.92. The summed E-state index contributed by atoms with van der Waals surface area (Å²) in [6, 6.07) is 6.89. The maximum absolute atomic E-state index is 12.7. The van der Waals surface area contributed by atoms with Crippen molar-refractivity contribution in [2.45, 2.75) is 52.6 Å². The van der Waals surface area contributed by atoms with Crippen LogP contribution in [-0.2, 0) is 9.53 Å². The Morgan fingerprint density at radius 1 is 1.13 bits per heavy atom. The number of hydrogen-bond acceptors (Lipinski definition) is 4. The summed E-state index contributed by atoms with van der Waals surface area (Å²) in [7, 11) is 1.73. The second-order valence-electron chi connectivity index (χ2n) is 8.72. The minimum atomic E-state index is -0.529. The highest BCUT2D eigenvalue weighted by Gasteiger charge is 2.27. The smallest absolute Gasteiger partial charge is 0.410 e. The molecule has 1 unspecified atom stereocenters. The van der Waals surface area contributed by atoms with Gasteiger partial charge in [0.2, 0.25) is 5.91 Å². The fourth-order valence-corrected chi connectivity index (χ4v) is 3.29. The zero-order valence-corrected chi connectivity index (χ0v) is 18.7. The zero-order chi connectivity index (χ0) is 22.3. The minimum Gasteiger partial charge on any atom is -0.444 e. The molecule has 1 fully saturated rings. The molecule has 2 rings (SSSR count). The van der Waals surface area contributed by atoms with Gasteiger partial charge in [-0.2, -0.15) is 0 Å². The monoisotopic (exact) mass is 418 g/mol. The number of carbonyl (C=O) groups excluding carboxylic acids is 3. The number of likely N-dealkylation sites (tertiary alicyclic amines) is 1. The molecule has 30 heavy (non-hydrogen) atoms. The normalized spacial score (nSPS) is 16.6. The molecule has 1 aliphatic rings. The highest BCUT2D eigenvalue weighted by atomic mass is 16.6. The van der Waals surface area contributed by atoms with Crippen LogP contribution in [0.15, 0.2) is 24.3 Å². The van der Waals surface area contributed by atoms with Crippen molar-refractivity contribution in [3.05, 3.63) is 24.3 Å². The molecule has 0 bridgehead atoms. The van der Waals surface area contributed by atoms with Gasteiger partial charge in [-0.15, -0.1) is 0 Å². The van der Waals surface area contributed by atoms with Crippen LogP contribution in [0.1, 0.15) is 47.0 Å². The number of urea groups is 1. The van der Waals surface area contributed by atoms with E-state index in [1.54, 1.807) is 48.0 Å². The van der Waals surface area contributed by atoms with E-state index in [0.29, 0.717) is 37.4 Å². The quantitative estimate of drug-likeness (QED) is 0.752. The Morgan fingerprint density at radius 2 is 1.73 bits per heavy atom. The molecule has 4 amide bonds. The number of carbonyl (C=O) groups is 3. The van der Waals surface area contributed by atoms with Crippen molar-refractivity contribution >= 4 is 29.4 Å². The maximum Gasteiger partial charge on any atom is 0.410 e. The summed E-state index contributed by atoms with van der Waals surface area (Å²) >= 11 is 0. The van der Waals surface area contributed by atoms with Crippen LogP contribution in [-0.4, -0.2) is 60.1 Å². The first-order valence-corrected chi connectivity index (χ1v) is 10.5. The number of piperidine rings is 1. The standard InChI is InChI=1S/C22H34N4O4/c1-6-19(27)23-17-9-11-18(12-10-17)24-20(28)26-13-7-8-16(15-26)14-25(5)21(29)30-22(2,3)4/h9-12,16H,6-8,13-15H2,1-5H3,(H,23,27)(H,24,28). The fraction of sp³-hybridized carbons (Fsp3) is 0.591. The number of nitrogens with one attached hydrogen (secondary N) is 2. The third kappa shape index (κ3) is 7.57. The molecule has 166 valence electrons. The lowest BCUT2D eigenvalue weighted by Crippen LogP contribution is -2.46. The van der Waals surface area contributed by atoms with Crippen molar-refractivity contribution in [1.82, 2.24) is 9.80 Å². The number of nitrogens with zero attached hydrogens (tertiary/aromatic N) is 2. The molecule has 1 aromatic carbocycles. The van der Waals surface area contributed by atoms with E-state index in [9.17, 15) is 14.4 Å². The first-order chi connectivity index (χ1) is 14.1. The van der Waals surface area contributed by atoms with E-state index in [4.69, 9.17) is 4.74 Å². The number of benzene rings is 1. The van der Waals surface area contributed by atoms with Crippen LogP contribution in [0.5, 0.6) is 0 Å². The van der Waals surface area contributed by atoms with Gasteiger partial charge in [0.05, 0.1) is 0 Å². The lowest BCUT2D eigenvalue weighted by Gasteiger charge is -2.35. The van der Waals surface area contributed by atoms with Gasteiger partial charge in [-0.1, -0.05) is 6.92 Å². The second-order valence-corrected chi connectivity index (χ2v) is 8.72. The summed E-state index contributed by atoms with van der Waals surface area (Å²) in [4.78, 5) is 39.7. The molecule has 0 aromatic heterocycles. The molecule has 1 atom stereocenters. The van der Waals surface area contributed by atoms with Crippen molar-refractivity contribution in [2.24, 2.45) is 5.92 Å². The van der Waals surface area contributed by atoms with Crippen LogP contribution in [0.3, 0.4) is 0 Å². The van der Waals surface area contributed by atoms with Crippen LogP contribution >= 0.6 is 0 Å². The van der Waals surface area contributed by atoms with E-state index < -0.39 is 5.60 Å². The lowest BCUT2D eigenvalue weighted by atomic mass is 9.98. The Bertz CT molecular complexity index is 742. The van der Waals surface area contributed by atoms with E-state index >= 15 is 0 Å². The Hall–Kier alpha value is -2.77. The molecule has 1 aromatic rings. The maximum atomic E-state index is 12.7. The van der Waals surface area contributed by atoms with Gasteiger partial charge in [-0.05, 0) is 63.8 Å². The molecule has 0 saturated carbocycles. The third-order valence-electron chi connectivity index (χ3n) is 4.78.